The third-order valence-electron chi connectivity index (χ3n) is 14.5. The predicted octanol–water partition coefficient (Wildman–Crippen LogP) is 3.66. The molecule has 0 amide bonds. The summed E-state index contributed by atoms with van der Waals surface area (Å²) in [4.78, 5) is 13.7. The van der Waals surface area contributed by atoms with Crippen molar-refractivity contribution < 1.29 is 71.8 Å². The van der Waals surface area contributed by atoms with E-state index in [1.54, 1.807) is 28.3 Å². The summed E-state index contributed by atoms with van der Waals surface area (Å²) in [5.74, 6) is -1.37. The zero-order valence-corrected chi connectivity index (χ0v) is 34.6. The number of rotatable bonds is 9. The van der Waals surface area contributed by atoms with Crippen LogP contribution in [0.4, 0.5) is 0 Å². The summed E-state index contributed by atoms with van der Waals surface area (Å²) < 4.78 is 73.7. The first-order chi connectivity index (χ1) is 27.2. The molecule has 0 spiro atoms. The van der Waals surface area contributed by atoms with Crippen LogP contribution in [0.25, 0.3) is 0 Å². The molecule has 0 aromatic rings. The van der Waals surface area contributed by atoms with Crippen molar-refractivity contribution in [2.24, 2.45) is 23.2 Å². The molecule has 15 heteroatoms. The molecule has 0 aromatic carbocycles. The molecule has 57 heavy (non-hydrogen) atoms. The highest BCUT2D eigenvalue weighted by Gasteiger charge is 2.59. The summed E-state index contributed by atoms with van der Waals surface area (Å²) in [6, 6.07) is 0. The number of fused-ring (bicyclic) bond motifs is 3. The first-order valence-electron chi connectivity index (χ1n) is 21.0. The van der Waals surface area contributed by atoms with Crippen molar-refractivity contribution in [3.63, 3.8) is 0 Å². The molecule has 8 aliphatic rings. The summed E-state index contributed by atoms with van der Waals surface area (Å²) in [6.45, 7) is 10.1. The normalized spacial score (nSPS) is 51.2. The Morgan fingerprint density at radius 2 is 1.39 bits per heavy atom. The Kier molecular flexibility index (Phi) is 12.2. The Morgan fingerprint density at radius 1 is 0.789 bits per heavy atom. The standard InChI is InChI=1S/C42H64O15/c1-20-37(44)29(46-6)14-34(51-20)56-39-22(3)53-35(16-31(39)48-8)57-38-21(2)52-33(15-30(38)47-7)54-28-13-24-10-11-25-26(41(24,4)17-27(28)43)12-9-23-18-49-42(5)36(23)32(19-50-42)55-40(25)45/h10,18,20-22,25-39,43-44H,9,11-17,19H2,1-8H3/t20-,21+,22+,25-,26+,27+,28+,29+,30+,31+,32-,33+,34-,35+,36+,37-,38+,39-,41+,42-/m0/s1. The van der Waals surface area contributed by atoms with Crippen LogP contribution in [-0.4, -0.2) is 142 Å². The van der Waals surface area contributed by atoms with E-state index in [1.165, 1.54) is 5.57 Å². The maximum Gasteiger partial charge on any atom is 0.309 e. The van der Waals surface area contributed by atoms with Crippen molar-refractivity contribution >= 4 is 5.97 Å². The minimum atomic E-state index is -0.790. The molecule has 6 aliphatic heterocycles. The maximum atomic E-state index is 13.7. The van der Waals surface area contributed by atoms with Gasteiger partial charge in [0.05, 0.1) is 73.5 Å². The zero-order valence-electron chi connectivity index (χ0n) is 34.6. The van der Waals surface area contributed by atoms with Gasteiger partial charge >= 0.3 is 5.97 Å². The molecule has 8 rings (SSSR count). The monoisotopic (exact) mass is 808 g/mol. The first kappa shape index (κ1) is 42.0. The van der Waals surface area contributed by atoms with Gasteiger partial charge in [0.1, 0.15) is 24.4 Å². The van der Waals surface area contributed by atoms with Crippen molar-refractivity contribution in [3.8, 4) is 0 Å². The van der Waals surface area contributed by atoms with Crippen molar-refractivity contribution in [2.45, 2.75) is 184 Å². The number of hydrogen-bond donors (Lipinski definition) is 2. The molecule has 15 nitrogen and oxygen atoms in total. The number of esters is 1. The number of ether oxygens (including phenoxy) is 12. The van der Waals surface area contributed by atoms with E-state index in [4.69, 9.17) is 56.8 Å². The lowest BCUT2D eigenvalue weighted by Gasteiger charge is -2.52. The van der Waals surface area contributed by atoms with E-state index in [-0.39, 0.29) is 42.0 Å². The van der Waals surface area contributed by atoms with Gasteiger partial charge in [0.15, 0.2) is 18.9 Å². The van der Waals surface area contributed by atoms with E-state index in [0.717, 1.165) is 18.4 Å². The van der Waals surface area contributed by atoms with Crippen LogP contribution < -0.4 is 0 Å². The van der Waals surface area contributed by atoms with Gasteiger partial charge in [-0.3, -0.25) is 4.79 Å². The van der Waals surface area contributed by atoms with E-state index >= 15 is 0 Å². The second kappa shape index (κ2) is 16.6. The SMILES string of the molecule is CO[C@@H]1C[C@H](O[C@H]2[C@@H](C)O[C@H](O[C@@H]3[C@@H](C)O[C@H](O[C@@H]4CC5=CC[C@@H]6C(=O)O[C@H]7CO[C@]8(C)OC=C(CC[C@H]6[C@]5(C)C[C@H]4O)[C@H]78)C[C@H]3OC)C[C@H]2OC)O[C@@H](C)[C@@H]1O. The molecular weight excluding hydrogens is 744 g/mol. The minimum absolute atomic E-state index is 0.000401. The molecule has 2 N–H and O–H groups in total. The average Bonchev–Trinajstić information content (AvgIpc) is 3.69. The van der Waals surface area contributed by atoms with Crippen LogP contribution in [-0.2, 0) is 61.6 Å². The van der Waals surface area contributed by atoms with Crippen LogP contribution in [0.15, 0.2) is 23.5 Å². The Morgan fingerprint density at radius 3 is 2.02 bits per heavy atom. The van der Waals surface area contributed by atoms with Crippen molar-refractivity contribution in [3.05, 3.63) is 23.5 Å². The van der Waals surface area contributed by atoms with E-state index in [9.17, 15) is 15.0 Å². The quantitative estimate of drug-likeness (QED) is 0.256. The molecule has 6 heterocycles. The minimum Gasteiger partial charge on any atom is -0.469 e. The van der Waals surface area contributed by atoms with E-state index in [0.29, 0.717) is 45.1 Å². The van der Waals surface area contributed by atoms with Gasteiger partial charge < -0.3 is 67.1 Å². The Hall–Kier alpha value is -1.73. The van der Waals surface area contributed by atoms with Gasteiger partial charge in [0.25, 0.3) is 0 Å². The summed E-state index contributed by atoms with van der Waals surface area (Å²) in [7, 11) is 4.86. The molecular formula is C42H64O15. The van der Waals surface area contributed by atoms with Crippen LogP contribution in [0.1, 0.15) is 86.0 Å². The number of aliphatic hydroxyl groups is 2. The van der Waals surface area contributed by atoms with E-state index < -0.39 is 85.0 Å². The van der Waals surface area contributed by atoms with Gasteiger partial charge in [0.2, 0.25) is 5.79 Å². The third-order valence-corrected chi connectivity index (χ3v) is 14.5. The van der Waals surface area contributed by atoms with Gasteiger partial charge in [0, 0.05) is 47.5 Å². The zero-order chi connectivity index (χ0) is 40.4. The number of carbonyl (C=O) groups excluding carboxylic acids is 1. The smallest absolute Gasteiger partial charge is 0.309 e. The van der Waals surface area contributed by atoms with Crippen LogP contribution >= 0.6 is 0 Å². The highest BCUT2D eigenvalue weighted by molar-refractivity contribution is 5.74. The Balaban J connectivity index is 0.876. The van der Waals surface area contributed by atoms with Crippen LogP contribution in [0.5, 0.6) is 0 Å². The number of hydrogen-bond acceptors (Lipinski definition) is 15. The number of aliphatic hydroxyl groups excluding tert-OH is 2. The largest absolute Gasteiger partial charge is 0.469 e. The van der Waals surface area contributed by atoms with Gasteiger partial charge in [-0.25, -0.2) is 0 Å². The van der Waals surface area contributed by atoms with Crippen LogP contribution in [0, 0.1) is 23.2 Å². The van der Waals surface area contributed by atoms with E-state index in [1.807, 2.05) is 27.0 Å². The summed E-state index contributed by atoms with van der Waals surface area (Å²) >= 11 is 0. The molecule has 1 saturated carbocycles. The van der Waals surface area contributed by atoms with Crippen molar-refractivity contribution in [1.82, 2.24) is 0 Å². The topological polar surface area (TPSA) is 168 Å². The van der Waals surface area contributed by atoms with Gasteiger partial charge in [-0.15, -0.1) is 0 Å². The van der Waals surface area contributed by atoms with Crippen molar-refractivity contribution in [2.75, 3.05) is 27.9 Å². The van der Waals surface area contributed by atoms with Crippen molar-refractivity contribution in [1.29, 1.82) is 0 Å². The fourth-order valence-corrected chi connectivity index (χ4v) is 11.3. The highest BCUT2D eigenvalue weighted by Crippen LogP contribution is 2.57. The lowest BCUT2D eigenvalue weighted by Crippen LogP contribution is -2.57. The summed E-state index contributed by atoms with van der Waals surface area (Å²) in [5.41, 5.74) is 1.95. The molecule has 0 radical (unpaired) electrons. The third kappa shape index (κ3) is 7.87. The highest BCUT2D eigenvalue weighted by atomic mass is 16.8. The maximum absolute atomic E-state index is 13.7. The lowest BCUT2D eigenvalue weighted by atomic mass is 9.55. The fraction of sp³-hybridized carbons (Fsp3) is 0.881. The van der Waals surface area contributed by atoms with Gasteiger partial charge in [-0.1, -0.05) is 18.6 Å². The molecule has 2 aliphatic carbocycles. The Bertz CT molecular complexity index is 1510. The van der Waals surface area contributed by atoms with Gasteiger partial charge in [-0.2, -0.15) is 0 Å². The second-order valence-corrected chi connectivity index (χ2v) is 17.9. The first-order valence-corrected chi connectivity index (χ1v) is 21.0. The summed E-state index contributed by atoms with van der Waals surface area (Å²) in [6.07, 6.45) is 0.929. The van der Waals surface area contributed by atoms with E-state index in [2.05, 4.69) is 13.0 Å². The molecule has 6 fully saturated rings. The van der Waals surface area contributed by atoms with Crippen LogP contribution in [0.3, 0.4) is 0 Å². The molecule has 0 bridgehead atoms. The lowest BCUT2D eigenvalue weighted by molar-refractivity contribution is -0.339. The van der Waals surface area contributed by atoms with Gasteiger partial charge in [-0.05, 0) is 69.8 Å². The van der Waals surface area contributed by atoms with Crippen LogP contribution in [0.2, 0.25) is 0 Å². The Labute approximate surface area is 335 Å². The summed E-state index contributed by atoms with van der Waals surface area (Å²) in [5, 5.41) is 22.1. The second-order valence-electron chi connectivity index (χ2n) is 17.9. The molecule has 20 atom stereocenters. The molecule has 322 valence electrons. The predicted molar refractivity (Wildman–Crippen MR) is 199 cm³/mol. The molecule has 5 saturated heterocycles. The molecule has 0 unspecified atom stereocenters. The number of allylic oxidation sites excluding steroid dienone is 1. The average molecular weight is 809 g/mol. The fourth-order valence-electron chi connectivity index (χ4n) is 11.3. The number of carbonyl (C=O) groups is 1. The number of methoxy groups -OCH3 is 3. The molecule has 0 aromatic heterocycles.